The summed E-state index contributed by atoms with van der Waals surface area (Å²) >= 11 is 0. The molecule has 0 unspecified atom stereocenters. The second kappa shape index (κ2) is 12.0. The van der Waals surface area contributed by atoms with Crippen molar-refractivity contribution in [2.24, 2.45) is 4.99 Å². The molecule has 0 bridgehead atoms. The van der Waals surface area contributed by atoms with Gasteiger partial charge in [-0.25, -0.2) is 4.79 Å². The molecule has 2 rings (SSSR count). The van der Waals surface area contributed by atoms with Crippen LogP contribution in [0.3, 0.4) is 0 Å². The maximum atomic E-state index is 11.8. The van der Waals surface area contributed by atoms with Crippen LogP contribution in [0.1, 0.15) is 25.3 Å². The van der Waals surface area contributed by atoms with Crippen molar-refractivity contribution >= 4 is 12.1 Å². The number of benzene rings is 1. The summed E-state index contributed by atoms with van der Waals surface area (Å²) < 4.78 is 21.4. The Morgan fingerprint density at radius 3 is 2.40 bits per heavy atom. The molecule has 1 fully saturated rings. The van der Waals surface area contributed by atoms with E-state index in [4.69, 9.17) is 18.9 Å². The highest BCUT2D eigenvalue weighted by atomic mass is 16.6. The van der Waals surface area contributed by atoms with E-state index >= 15 is 0 Å². The van der Waals surface area contributed by atoms with Gasteiger partial charge in [-0.1, -0.05) is 6.07 Å². The predicted octanol–water partition coefficient (Wildman–Crippen LogP) is 2.04. The van der Waals surface area contributed by atoms with E-state index in [1.165, 1.54) is 0 Å². The molecule has 0 aromatic heterocycles. The number of piperidine rings is 1. The Balaban J connectivity index is 1.85. The molecule has 0 aliphatic carbocycles. The van der Waals surface area contributed by atoms with E-state index in [9.17, 15) is 4.79 Å². The first-order chi connectivity index (χ1) is 14.6. The summed E-state index contributed by atoms with van der Waals surface area (Å²) in [7, 11) is 6.57. The molecular formula is C21H34N4O5. The van der Waals surface area contributed by atoms with Crippen molar-refractivity contribution in [1.82, 2.24) is 15.5 Å². The van der Waals surface area contributed by atoms with Gasteiger partial charge in [0.2, 0.25) is 5.75 Å². The van der Waals surface area contributed by atoms with Crippen LogP contribution >= 0.6 is 0 Å². The maximum Gasteiger partial charge on any atom is 0.409 e. The number of hydrogen-bond donors (Lipinski definition) is 2. The molecule has 1 amide bonds. The Morgan fingerprint density at radius 1 is 1.13 bits per heavy atom. The van der Waals surface area contributed by atoms with E-state index in [0.717, 1.165) is 30.8 Å². The zero-order valence-corrected chi connectivity index (χ0v) is 18.6. The fraction of sp³-hybridized carbons (Fsp3) is 0.619. The van der Waals surface area contributed by atoms with Crippen LogP contribution in [-0.4, -0.2) is 77.6 Å². The van der Waals surface area contributed by atoms with Crippen molar-refractivity contribution in [1.29, 1.82) is 0 Å². The molecule has 9 nitrogen and oxygen atoms in total. The smallest absolute Gasteiger partial charge is 0.409 e. The van der Waals surface area contributed by atoms with Crippen LogP contribution in [0.4, 0.5) is 4.79 Å². The summed E-state index contributed by atoms with van der Waals surface area (Å²) in [6.07, 6.45) is 2.19. The quantitative estimate of drug-likeness (QED) is 0.489. The van der Waals surface area contributed by atoms with Crippen LogP contribution in [0, 0.1) is 0 Å². The Kier molecular flexibility index (Phi) is 9.37. The van der Waals surface area contributed by atoms with E-state index in [2.05, 4.69) is 15.6 Å². The summed E-state index contributed by atoms with van der Waals surface area (Å²) in [5.74, 6) is 2.64. The van der Waals surface area contributed by atoms with Crippen molar-refractivity contribution in [3.8, 4) is 17.2 Å². The molecule has 0 radical (unpaired) electrons. The normalized spacial score (nSPS) is 14.8. The number of amides is 1. The number of carbonyl (C=O) groups is 1. The highest BCUT2D eigenvalue weighted by molar-refractivity contribution is 5.80. The summed E-state index contributed by atoms with van der Waals surface area (Å²) in [6.45, 7) is 4.25. The first-order valence-corrected chi connectivity index (χ1v) is 10.2. The average molecular weight is 423 g/mol. The molecule has 2 N–H and O–H groups in total. The SMILES string of the molecule is CCOC(=O)N1CCC(NC(=NC)NCCc2ccc(OC)c(OC)c2OC)CC1. The third kappa shape index (κ3) is 6.08. The van der Waals surface area contributed by atoms with Gasteiger partial charge in [0, 0.05) is 38.3 Å². The van der Waals surface area contributed by atoms with Gasteiger partial charge in [-0.2, -0.15) is 0 Å². The molecular weight excluding hydrogens is 388 g/mol. The van der Waals surface area contributed by atoms with E-state index < -0.39 is 0 Å². The Bertz CT molecular complexity index is 718. The van der Waals surface area contributed by atoms with E-state index in [0.29, 0.717) is 43.5 Å². The van der Waals surface area contributed by atoms with Crippen LogP contribution < -0.4 is 24.8 Å². The van der Waals surface area contributed by atoms with Gasteiger partial charge in [-0.3, -0.25) is 4.99 Å². The molecule has 1 saturated heterocycles. The van der Waals surface area contributed by atoms with Gasteiger partial charge in [0.05, 0.1) is 27.9 Å². The summed E-state index contributed by atoms with van der Waals surface area (Å²) in [4.78, 5) is 17.9. The largest absolute Gasteiger partial charge is 0.493 e. The number of rotatable bonds is 8. The minimum atomic E-state index is -0.234. The molecule has 0 atom stereocenters. The lowest BCUT2D eigenvalue weighted by atomic mass is 10.1. The number of aliphatic imine (C=N–C) groups is 1. The molecule has 30 heavy (non-hydrogen) atoms. The highest BCUT2D eigenvalue weighted by Gasteiger charge is 2.24. The lowest BCUT2D eigenvalue weighted by molar-refractivity contribution is 0.0963. The third-order valence-corrected chi connectivity index (χ3v) is 5.06. The number of ether oxygens (including phenoxy) is 4. The lowest BCUT2D eigenvalue weighted by Crippen LogP contribution is -2.50. The number of nitrogens with zero attached hydrogens (tertiary/aromatic N) is 2. The first kappa shape index (κ1) is 23.4. The van der Waals surface area contributed by atoms with Crippen LogP contribution in [-0.2, 0) is 11.2 Å². The molecule has 0 saturated carbocycles. The molecule has 0 spiro atoms. The van der Waals surface area contributed by atoms with Crippen molar-refractivity contribution in [2.75, 3.05) is 54.6 Å². The summed E-state index contributed by atoms with van der Waals surface area (Å²) in [5.41, 5.74) is 1.01. The molecule has 1 heterocycles. The molecule has 1 aliphatic rings. The molecule has 168 valence electrons. The fourth-order valence-electron chi connectivity index (χ4n) is 3.48. The van der Waals surface area contributed by atoms with Crippen LogP contribution in [0.5, 0.6) is 17.2 Å². The summed E-state index contributed by atoms with van der Waals surface area (Å²) in [6, 6.07) is 4.11. The Hall–Kier alpha value is -2.84. The van der Waals surface area contributed by atoms with Gasteiger partial charge in [0.1, 0.15) is 0 Å². The molecule has 1 aliphatic heterocycles. The number of nitrogens with one attached hydrogen (secondary N) is 2. The maximum absolute atomic E-state index is 11.8. The second-order valence-corrected chi connectivity index (χ2v) is 6.85. The standard InChI is InChI=1S/C21H34N4O5/c1-6-30-21(26)25-13-10-16(11-14-25)24-20(22-2)23-12-9-15-7-8-17(27-3)19(29-5)18(15)28-4/h7-8,16H,6,9-14H2,1-5H3,(H2,22,23,24). The second-order valence-electron chi connectivity index (χ2n) is 6.85. The zero-order valence-electron chi connectivity index (χ0n) is 18.6. The van der Waals surface area contributed by atoms with Gasteiger partial charge in [-0.15, -0.1) is 0 Å². The van der Waals surface area contributed by atoms with Gasteiger partial charge < -0.3 is 34.5 Å². The monoisotopic (exact) mass is 422 g/mol. The van der Waals surface area contributed by atoms with Crippen molar-refractivity contribution in [3.05, 3.63) is 17.7 Å². The Morgan fingerprint density at radius 2 is 1.83 bits per heavy atom. The number of carbonyl (C=O) groups excluding carboxylic acids is 1. The van der Waals surface area contributed by atoms with Crippen LogP contribution in [0.2, 0.25) is 0 Å². The van der Waals surface area contributed by atoms with Gasteiger partial charge in [-0.05, 0) is 32.3 Å². The van der Waals surface area contributed by atoms with E-state index in [1.54, 1.807) is 33.3 Å². The third-order valence-electron chi connectivity index (χ3n) is 5.06. The highest BCUT2D eigenvalue weighted by Crippen LogP contribution is 2.39. The lowest BCUT2D eigenvalue weighted by Gasteiger charge is -2.32. The molecule has 1 aromatic rings. The Labute approximate surface area is 178 Å². The molecule has 1 aromatic carbocycles. The predicted molar refractivity (Wildman–Crippen MR) is 116 cm³/mol. The minimum absolute atomic E-state index is 0.234. The van der Waals surface area contributed by atoms with Gasteiger partial charge in [0.15, 0.2) is 17.5 Å². The van der Waals surface area contributed by atoms with Crippen LogP contribution in [0.15, 0.2) is 17.1 Å². The topological polar surface area (TPSA) is 93.7 Å². The number of guanidine groups is 1. The number of hydrogen-bond acceptors (Lipinski definition) is 6. The van der Waals surface area contributed by atoms with Gasteiger partial charge in [0.25, 0.3) is 0 Å². The van der Waals surface area contributed by atoms with E-state index in [1.807, 2.05) is 19.1 Å². The summed E-state index contributed by atoms with van der Waals surface area (Å²) in [5, 5.41) is 6.78. The van der Waals surface area contributed by atoms with Crippen molar-refractivity contribution < 1.29 is 23.7 Å². The first-order valence-electron chi connectivity index (χ1n) is 10.2. The number of methoxy groups -OCH3 is 3. The van der Waals surface area contributed by atoms with Gasteiger partial charge >= 0.3 is 6.09 Å². The fourth-order valence-corrected chi connectivity index (χ4v) is 3.48. The minimum Gasteiger partial charge on any atom is -0.493 e. The zero-order chi connectivity index (χ0) is 21.9. The van der Waals surface area contributed by atoms with E-state index in [-0.39, 0.29) is 12.1 Å². The van der Waals surface area contributed by atoms with Crippen molar-refractivity contribution in [3.63, 3.8) is 0 Å². The van der Waals surface area contributed by atoms with Crippen LogP contribution in [0.25, 0.3) is 0 Å². The average Bonchev–Trinajstić information content (AvgIpc) is 2.78. The molecule has 9 heteroatoms. The number of likely N-dealkylation sites (tertiary alicyclic amines) is 1. The van der Waals surface area contributed by atoms with Crippen molar-refractivity contribution in [2.45, 2.75) is 32.2 Å².